The number of likely N-dealkylation sites (N-methyl/N-ethyl adjacent to an activating group) is 1. The number of rotatable bonds is 9. The predicted octanol–water partition coefficient (Wildman–Crippen LogP) is 5.91. The van der Waals surface area contributed by atoms with Gasteiger partial charge in [0.2, 0.25) is 0 Å². The number of carbonyl (C=O) groups is 1. The Morgan fingerprint density at radius 1 is 1.05 bits per heavy atom. The summed E-state index contributed by atoms with van der Waals surface area (Å²) in [5, 5.41) is 10.7. The van der Waals surface area contributed by atoms with Crippen LogP contribution in [0.2, 0.25) is 0 Å². The first-order valence-corrected chi connectivity index (χ1v) is 12.9. The Hall–Kier alpha value is -4.88. The minimum Gasteiger partial charge on any atom is -0.494 e. The molecule has 3 aromatic rings. The lowest BCUT2D eigenvalue weighted by Gasteiger charge is -2.16. The van der Waals surface area contributed by atoms with Crippen LogP contribution in [0.15, 0.2) is 59.4 Å². The van der Waals surface area contributed by atoms with Crippen LogP contribution in [0.25, 0.3) is 34.0 Å². The lowest BCUT2D eigenvalue weighted by molar-refractivity contribution is -0.137. The van der Waals surface area contributed by atoms with Gasteiger partial charge >= 0.3 is 6.18 Å². The molecule has 5 rings (SSSR count). The first-order valence-electron chi connectivity index (χ1n) is 12.9. The number of hydrogen-bond donors (Lipinski definition) is 1. The molecule has 0 aliphatic carbocycles. The maximum Gasteiger partial charge on any atom is 0.417 e. The van der Waals surface area contributed by atoms with Crippen molar-refractivity contribution in [1.82, 2.24) is 30.2 Å². The minimum atomic E-state index is -4.73. The Kier molecular flexibility index (Phi) is 7.87. The maximum atomic E-state index is 14.3. The topological polar surface area (TPSA) is 108 Å². The molecule has 9 nitrogen and oxygen atoms in total. The summed E-state index contributed by atoms with van der Waals surface area (Å²) < 4.78 is 81.9. The predicted molar refractivity (Wildman–Crippen MR) is 139 cm³/mol. The maximum absolute atomic E-state index is 14.3. The van der Waals surface area contributed by atoms with E-state index >= 15 is 0 Å². The van der Waals surface area contributed by atoms with Gasteiger partial charge in [-0.25, -0.2) is 18.7 Å². The van der Waals surface area contributed by atoms with Crippen LogP contribution in [0.1, 0.15) is 37.6 Å². The van der Waals surface area contributed by atoms with Gasteiger partial charge in [0.25, 0.3) is 5.91 Å². The smallest absolute Gasteiger partial charge is 0.417 e. The number of benzene rings is 2. The van der Waals surface area contributed by atoms with Crippen molar-refractivity contribution in [2.75, 3.05) is 13.2 Å². The number of nitrogens with one attached hydrogen (secondary N) is 1. The summed E-state index contributed by atoms with van der Waals surface area (Å²) in [4.78, 5) is 21.6. The molecule has 1 atom stereocenters. The van der Waals surface area contributed by atoms with Gasteiger partial charge in [0.1, 0.15) is 22.8 Å². The van der Waals surface area contributed by atoms with Crippen LogP contribution in [-0.2, 0) is 11.0 Å². The molecule has 0 radical (unpaired) electrons. The number of aromatic nitrogens is 5. The Bertz CT molecular complexity index is 1700. The van der Waals surface area contributed by atoms with Gasteiger partial charge < -0.3 is 14.6 Å². The third-order valence-corrected chi connectivity index (χ3v) is 6.18. The fourth-order valence-corrected chi connectivity index (χ4v) is 4.26. The molecule has 2 aromatic carbocycles. The van der Waals surface area contributed by atoms with Gasteiger partial charge in [0.05, 0.1) is 30.1 Å². The van der Waals surface area contributed by atoms with Gasteiger partial charge in [-0.2, -0.15) is 18.3 Å². The van der Waals surface area contributed by atoms with E-state index in [4.69, 9.17) is 9.26 Å². The second kappa shape index (κ2) is 11.5. The SMILES string of the molecule is CCCOc1ccc(-c2cc(C(C(=O)NCC)n3cc4nc(-c5cccc(F)c5F)nc-4cn3)on2)c(C(F)(F)F)c1. The zero-order valence-electron chi connectivity index (χ0n) is 22.2. The molecular weight excluding hydrogens is 563 g/mol. The van der Waals surface area contributed by atoms with Crippen LogP contribution in [0.4, 0.5) is 22.0 Å². The summed E-state index contributed by atoms with van der Waals surface area (Å²) in [7, 11) is 0. The minimum absolute atomic E-state index is 0.0539. The van der Waals surface area contributed by atoms with E-state index in [2.05, 4.69) is 25.5 Å². The van der Waals surface area contributed by atoms with Crippen LogP contribution in [-0.4, -0.2) is 44.0 Å². The van der Waals surface area contributed by atoms with Gasteiger partial charge in [-0.3, -0.25) is 9.48 Å². The molecule has 1 unspecified atom stereocenters. The summed E-state index contributed by atoms with van der Waals surface area (Å²) >= 11 is 0. The van der Waals surface area contributed by atoms with Gasteiger partial charge in [-0.1, -0.05) is 18.1 Å². The Labute approximate surface area is 235 Å². The van der Waals surface area contributed by atoms with Gasteiger partial charge in [-0.15, -0.1) is 0 Å². The summed E-state index contributed by atoms with van der Waals surface area (Å²) in [6.45, 7) is 4.00. The lowest BCUT2D eigenvalue weighted by atomic mass is 10.0. The average Bonchev–Trinajstić information content (AvgIpc) is 3.60. The number of ether oxygens (including phenoxy) is 1. The van der Waals surface area contributed by atoms with E-state index in [-0.39, 0.29) is 58.7 Å². The summed E-state index contributed by atoms with van der Waals surface area (Å²) in [6.07, 6.45) is -1.50. The van der Waals surface area contributed by atoms with Crippen LogP contribution in [0, 0.1) is 11.6 Å². The highest BCUT2D eigenvalue weighted by atomic mass is 19.4. The molecular formula is C28H23F5N6O3. The molecule has 0 fully saturated rings. The highest BCUT2D eigenvalue weighted by Crippen LogP contribution is 2.39. The van der Waals surface area contributed by atoms with Crippen molar-refractivity contribution in [3.63, 3.8) is 0 Å². The van der Waals surface area contributed by atoms with Crippen molar-refractivity contribution in [2.24, 2.45) is 0 Å². The van der Waals surface area contributed by atoms with Crippen LogP contribution >= 0.6 is 0 Å². The van der Waals surface area contributed by atoms with Gasteiger partial charge in [-0.05, 0) is 43.7 Å². The zero-order valence-corrected chi connectivity index (χ0v) is 22.2. The number of alkyl halides is 3. The fourth-order valence-electron chi connectivity index (χ4n) is 4.26. The molecule has 0 saturated carbocycles. The van der Waals surface area contributed by atoms with Crippen molar-refractivity contribution in [3.05, 3.63) is 77.8 Å². The third-order valence-electron chi connectivity index (χ3n) is 6.18. The highest BCUT2D eigenvalue weighted by Gasteiger charge is 2.36. The van der Waals surface area contributed by atoms with E-state index in [1.54, 1.807) is 6.92 Å². The highest BCUT2D eigenvalue weighted by molar-refractivity contribution is 5.83. The molecule has 42 heavy (non-hydrogen) atoms. The van der Waals surface area contributed by atoms with Crippen molar-refractivity contribution in [1.29, 1.82) is 0 Å². The largest absolute Gasteiger partial charge is 0.494 e. The molecule has 1 N–H and O–H groups in total. The molecule has 0 bridgehead atoms. The molecule has 14 heteroatoms. The molecule has 0 saturated heterocycles. The number of nitrogens with zero attached hydrogens (tertiary/aromatic N) is 5. The zero-order chi connectivity index (χ0) is 30.0. The molecule has 2 aliphatic rings. The van der Waals surface area contributed by atoms with E-state index in [0.29, 0.717) is 6.42 Å². The van der Waals surface area contributed by atoms with E-state index in [9.17, 15) is 26.7 Å². The monoisotopic (exact) mass is 586 g/mol. The molecule has 0 spiro atoms. The van der Waals surface area contributed by atoms with Crippen molar-refractivity contribution >= 4 is 5.91 Å². The molecule has 3 heterocycles. The van der Waals surface area contributed by atoms with Crippen molar-refractivity contribution < 1.29 is 36.0 Å². The van der Waals surface area contributed by atoms with Crippen molar-refractivity contribution in [2.45, 2.75) is 32.5 Å². The molecule has 1 amide bonds. The Morgan fingerprint density at radius 2 is 1.83 bits per heavy atom. The second-order valence-electron chi connectivity index (χ2n) is 9.14. The van der Waals surface area contributed by atoms with Gasteiger partial charge in [0, 0.05) is 18.2 Å². The first-order chi connectivity index (χ1) is 20.1. The molecule has 2 aliphatic heterocycles. The summed E-state index contributed by atoms with van der Waals surface area (Å²) in [6, 6.07) is 7.02. The average molecular weight is 587 g/mol. The normalized spacial score (nSPS) is 12.5. The standard InChI is InChI=1S/C28H23F5N6O3/c1-3-10-41-15-8-9-16(18(11-15)28(31,32)33)20-12-23(42-38-20)25(27(40)34-4-2)39-14-22-21(13-35-39)36-26(37-22)17-6-5-7-19(29)24(17)30/h5-9,11-14,25H,3-4,10H2,1-2H3,(H,34,40). The number of amides is 1. The van der Waals surface area contributed by atoms with E-state index in [0.717, 1.165) is 12.1 Å². The van der Waals surface area contributed by atoms with E-state index in [1.165, 1.54) is 47.4 Å². The molecule has 1 aromatic heterocycles. The lowest BCUT2D eigenvalue weighted by Crippen LogP contribution is -2.33. The summed E-state index contributed by atoms with van der Waals surface area (Å²) in [5.41, 5.74) is -1.15. The first kappa shape index (κ1) is 28.6. The number of fused-ring (bicyclic) bond motifs is 1. The van der Waals surface area contributed by atoms with Crippen LogP contribution in [0.5, 0.6) is 5.75 Å². The third kappa shape index (κ3) is 5.64. The van der Waals surface area contributed by atoms with Crippen LogP contribution in [0.3, 0.4) is 0 Å². The van der Waals surface area contributed by atoms with Crippen LogP contribution < -0.4 is 10.1 Å². The van der Waals surface area contributed by atoms with E-state index < -0.39 is 35.3 Å². The fraction of sp³-hybridized carbons (Fsp3) is 0.250. The quantitative estimate of drug-likeness (QED) is 0.214. The number of imidazole rings is 1. The number of carbonyl (C=O) groups excluding carboxylic acids is 1. The number of hydrogen-bond acceptors (Lipinski definition) is 7. The number of halogens is 5. The molecule has 218 valence electrons. The van der Waals surface area contributed by atoms with Crippen molar-refractivity contribution in [3.8, 4) is 39.8 Å². The Balaban J connectivity index is 1.55. The second-order valence-corrected chi connectivity index (χ2v) is 9.14. The van der Waals surface area contributed by atoms with Gasteiger partial charge in [0.15, 0.2) is 29.3 Å². The Morgan fingerprint density at radius 3 is 2.57 bits per heavy atom. The van der Waals surface area contributed by atoms with E-state index in [1.807, 2.05) is 6.92 Å². The summed E-state index contributed by atoms with van der Waals surface area (Å²) in [5.74, 6) is -2.92.